The lowest BCUT2D eigenvalue weighted by Crippen LogP contribution is -2.49. The van der Waals surface area contributed by atoms with Gasteiger partial charge in [-0.05, 0) is 25.5 Å². The molecule has 0 radical (unpaired) electrons. The highest BCUT2D eigenvalue weighted by molar-refractivity contribution is 6.33. The molecule has 2 rings (SSSR count). The zero-order valence-electron chi connectivity index (χ0n) is 11.8. The summed E-state index contributed by atoms with van der Waals surface area (Å²) in [7, 11) is 0. The molecule has 1 fully saturated rings. The molecular formula is C14H16ClN3O3. The molecule has 7 heteroatoms. The van der Waals surface area contributed by atoms with Gasteiger partial charge in [0.1, 0.15) is 12.1 Å². The number of para-hydroxylation sites is 1. The summed E-state index contributed by atoms with van der Waals surface area (Å²) in [5, 5.41) is 5.27. The van der Waals surface area contributed by atoms with E-state index in [-0.39, 0.29) is 12.5 Å². The van der Waals surface area contributed by atoms with Crippen LogP contribution in [0.5, 0.6) is 0 Å². The molecule has 0 aliphatic carbocycles. The predicted octanol–water partition coefficient (Wildman–Crippen LogP) is 2.00. The first-order valence-electron chi connectivity index (χ1n) is 6.56. The average molecular weight is 310 g/mol. The van der Waals surface area contributed by atoms with Gasteiger partial charge in [-0.2, -0.15) is 0 Å². The van der Waals surface area contributed by atoms with E-state index in [2.05, 4.69) is 10.6 Å². The molecule has 1 heterocycles. The Balaban J connectivity index is 2.10. The second kappa shape index (κ2) is 5.73. The number of hydrogen-bond acceptors (Lipinski definition) is 3. The number of nitrogens with one attached hydrogen (secondary N) is 2. The molecule has 1 atom stereocenters. The number of anilines is 1. The molecule has 1 aliphatic heterocycles. The van der Waals surface area contributed by atoms with Gasteiger partial charge in [0, 0.05) is 0 Å². The molecule has 0 bridgehead atoms. The van der Waals surface area contributed by atoms with E-state index in [1.54, 1.807) is 38.1 Å². The minimum Gasteiger partial charge on any atom is -0.323 e. The molecule has 6 nitrogen and oxygen atoms in total. The highest BCUT2D eigenvalue weighted by atomic mass is 35.5. The molecule has 112 valence electrons. The number of halogens is 1. The molecule has 1 aliphatic rings. The van der Waals surface area contributed by atoms with E-state index in [1.807, 2.05) is 0 Å². The fourth-order valence-corrected chi connectivity index (χ4v) is 2.32. The van der Waals surface area contributed by atoms with Crippen molar-refractivity contribution in [3.05, 3.63) is 29.3 Å². The number of rotatable bonds is 4. The monoisotopic (exact) mass is 309 g/mol. The number of carbonyl (C=O) groups is 3. The molecule has 0 aromatic heterocycles. The van der Waals surface area contributed by atoms with E-state index in [0.717, 1.165) is 0 Å². The Morgan fingerprint density at radius 1 is 1.38 bits per heavy atom. The van der Waals surface area contributed by atoms with Crippen molar-refractivity contribution in [1.29, 1.82) is 0 Å². The maximum absolute atomic E-state index is 12.1. The van der Waals surface area contributed by atoms with Gasteiger partial charge in [-0.1, -0.05) is 30.7 Å². The van der Waals surface area contributed by atoms with Gasteiger partial charge in [-0.15, -0.1) is 0 Å². The Morgan fingerprint density at radius 3 is 2.67 bits per heavy atom. The third-order valence-corrected chi connectivity index (χ3v) is 4.02. The van der Waals surface area contributed by atoms with Gasteiger partial charge in [0.2, 0.25) is 5.91 Å². The van der Waals surface area contributed by atoms with Crippen LogP contribution in [0.3, 0.4) is 0 Å². The molecule has 0 spiro atoms. The Morgan fingerprint density at radius 2 is 2.05 bits per heavy atom. The van der Waals surface area contributed by atoms with Crippen LogP contribution in [0, 0.1) is 0 Å². The molecule has 1 aromatic rings. The van der Waals surface area contributed by atoms with Crippen LogP contribution in [0.4, 0.5) is 10.5 Å². The van der Waals surface area contributed by atoms with E-state index < -0.39 is 17.5 Å². The standard InChI is InChI=1S/C14H16ClN3O3/c1-3-14(2)12(20)17-13(21)18(14)8-11(19)16-10-7-5-4-6-9(10)15/h4-7H,3,8H2,1-2H3,(H,16,19)(H,17,20,21). The fourth-order valence-electron chi connectivity index (χ4n) is 2.14. The van der Waals surface area contributed by atoms with Crippen LogP contribution < -0.4 is 10.6 Å². The van der Waals surface area contributed by atoms with Crippen LogP contribution in [0.15, 0.2) is 24.3 Å². The van der Waals surface area contributed by atoms with Crippen LogP contribution in [-0.2, 0) is 9.59 Å². The van der Waals surface area contributed by atoms with Crippen molar-refractivity contribution in [1.82, 2.24) is 10.2 Å². The van der Waals surface area contributed by atoms with E-state index in [4.69, 9.17) is 11.6 Å². The van der Waals surface area contributed by atoms with Crippen molar-refractivity contribution < 1.29 is 14.4 Å². The Labute approximate surface area is 127 Å². The van der Waals surface area contributed by atoms with Gasteiger partial charge in [0.15, 0.2) is 0 Å². The Kier molecular flexibility index (Phi) is 4.18. The molecule has 4 amide bonds. The summed E-state index contributed by atoms with van der Waals surface area (Å²) in [5.41, 5.74) is -0.539. The molecule has 0 saturated carbocycles. The lowest BCUT2D eigenvalue weighted by atomic mass is 9.97. The summed E-state index contributed by atoms with van der Waals surface area (Å²) >= 11 is 5.96. The van der Waals surface area contributed by atoms with Gasteiger partial charge in [0.25, 0.3) is 5.91 Å². The Hall–Kier alpha value is -2.08. The third-order valence-electron chi connectivity index (χ3n) is 3.69. The first kappa shape index (κ1) is 15.3. The quantitative estimate of drug-likeness (QED) is 0.835. The largest absolute Gasteiger partial charge is 0.325 e. The van der Waals surface area contributed by atoms with Crippen molar-refractivity contribution in [3.8, 4) is 0 Å². The van der Waals surface area contributed by atoms with Crippen LogP contribution >= 0.6 is 11.6 Å². The molecule has 21 heavy (non-hydrogen) atoms. The summed E-state index contributed by atoms with van der Waals surface area (Å²) < 4.78 is 0. The number of urea groups is 1. The molecule has 2 N–H and O–H groups in total. The molecule has 1 aromatic carbocycles. The minimum atomic E-state index is -1.01. The molecule has 1 unspecified atom stereocenters. The van der Waals surface area contributed by atoms with Gasteiger partial charge < -0.3 is 10.2 Å². The minimum absolute atomic E-state index is 0.215. The average Bonchev–Trinajstić information content (AvgIpc) is 2.65. The lowest BCUT2D eigenvalue weighted by molar-refractivity contribution is -0.127. The predicted molar refractivity (Wildman–Crippen MR) is 79.0 cm³/mol. The maximum atomic E-state index is 12.1. The van der Waals surface area contributed by atoms with Crippen molar-refractivity contribution in [2.45, 2.75) is 25.8 Å². The van der Waals surface area contributed by atoms with Gasteiger partial charge in [-0.25, -0.2) is 4.79 Å². The molecule has 1 saturated heterocycles. The number of carbonyl (C=O) groups excluding carboxylic acids is 3. The SMILES string of the molecule is CCC1(C)C(=O)NC(=O)N1CC(=O)Nc1ccccc1Cl. The van der Waals surface area contributed by atoms with Crippen LogP contribution in [-0.4, -0.2) is 34.8 Å². The first-order valence-corrected chi connectivity index (χ1v) is 6.93. The second-order valence-electron chi connectivity index (χ2n) is 5.00. The number of nitrogens with zero attached hydrogens (tertiary/aromatic N) is 1. The lowest BCUT2D eigenvalue weighted by Gasteiger charge is -2.30. The summed E-state index contributed by atoms with van der Waals surface area (Å²) in [6, 6.07) is 6.25. The fraction of sp³-hybridized carbons (Fsp3) is 0.357. The van der Waals surface area contributed by atoms with Gasteiger partial charge >= 0.3 is 6.03 Å². The van der Waals surface area contributed by atoms with Gasteiger partial charge in [0.05, 0.1) is 10.7 Å². The van der Waals surface area contributed by atoms with Crippen LogP contribution in [0.2, 0.25) is 5.02 Å². The van der Waals surface area contributed by atoms with E-state index >= 15 is 0 Å². The topological polar surface area (TPSA) is 78.5 Å². The highest BCUT2D eigenvalue weighted by Gasteiger charge is 2.48. The van der Waals surface area contributed by atoms with Crippen molar-refractivity contribution in [3.63, 3.8) is 0 Å². The van der Waals surface area contributed by atoms with Crippen LogP contribution in [0.25, 0.3) is 0 Å². The van der Waals surface area contributed by atoms with Crippen molar-refractivity contribution >= 4 is 35.1 Å². The van der Waals surface area contributed by atoms with Gasteiger partial charge in [-0.3, -0.25) is 14.9 Å². The summed E-state index contributed by atoms with van der Waals surface area (Å²) in [6.07, 6.45) is 0.421. The van der Waals surface area contributed by atoms with E-state index in [0.29, 0.717) is 17.1 Å². The van der Waals surface area contributed by atoms with Crippen LogP contribution in [0.1, 0.15) is 20.3 Å². The van der Waals surface area contributed by atoms with Crippen molar-refractivity contribution in [2.75, 3.05) is 11.9 Å². The van der Waals surface area contributed by atoms with E-state index in [9.17, 15) is 14.4 Å². The number of benzene rings is 1. The van der Waals surface area contributed by atoms with Crippen molar-refractivity contribution in [2.24, 2.45) is 0 Å². The number of hydrogen-bond donors (Lipinski definition) is 2. The maximum Gasteiger partial charge on any atom is 0.325 e. The highest BCUT2D eigenvalue weighted by Crippen LogP contribution is 2.25. The summed E-state index contributed by atoms with van der Waals surface area (Å²) in [6.45, 7) is 3.21. The second-order valence-corrected chi connectivity index (χ2v) is 5.41. The smallest absolute Gasteiger partial charge is 0.323 e. The summed E-state index contributed by atoms with van der Waals surface area (Å²) in [4.78, 5) is 36.9. The normalized spacial score (nSPS) is 21.4. The zero-order valence-corrected chi connectivity index (χ0v) is 12.5. The third kappa shape index (κ3) is 2.85. The van der Waals surface area contributed by atoms with E-state index in [1.165, 1.54) is 4.90 Å². The summed E-state index contributed by atoms with van der Waals surface area (Å²) in [5.74, 6) is -0.798. The Bertz CT molecular complexity index is 605. The number of imide groups is 1. The zero-order chi connectivity index (χ0) is 15.6. The molecular weight excluding hydrogens is 294 g/mol. The number of amides is 4. The first-order chi connectivity index (χ1) is 9.88.